The minimum atomic E-state index is -0.473. The number of rotatable bonds is 7. The summed E-state index contributed by atoms with van der Waals surface area (Å²) in [6.45, 7) is 8.30. The maximum atomic E-state index is 12.3. The lowest BCUT2D eigenvalue weighted by atomic mass is 10.2. The van der Waals surface area contributed by atoms with Gasteiger partial charge in [-0.2, -0.15) is 0 Å². The maximum Gasteiger partial charge on any atom is 0.289 e. The quantitative estimate of drug-likeness (QED) is 0.814. The van der Waals surface area contributed by atoms with Crippen molar-refractivity contribution in [2.45, 2.75) is 26.4 Å². The molecule has 0 saturated carbocycles. The van der Waals surface area contributed by atoms with E-state index < -0.39 is 6.10 Å². The standard InChI is InChI=1S/C16H26N2O4/c1-3-14-5-6-15(22-14)16(20)18-9-7-17(8-10-18)11-13(19)12-21-4-2/h5-6,13,19H,3-4,7-12H2,1-2H3. The van der Waals surface area contributed by atoms with Gasteiger partial charge in [0.05, 0.1) is 12.7 Å². The van der Waals surface area contributed by atoms with E-state index in [-0.39, 0.29) is 5.91 Å². The molecule has 1 aliphatic heterocycles. The maximum absolute atomic E-state index is 12.3. The Hall–Kier alpha value is -1.37. The van der Waals surface area contributed by atoms with Gasteiger partial charge in [0, 0.05) is 45.8 Å². The number of carbonyl (C=O) groups is 1. The fourth-order valence-corrected chi connectivity index (χ4v) is 2.58. The van der Waals surface area contributed by atoms with Crippen molar-refractivity contribution in [2.24, 2.45) is 0 Å². The van der Waals surface area contributed by atoms with Crippen LogP contribution < -0.4 is 0 Å². The number of aliphatic hydroxyl groups is 1. The molecule has 6 heteroatoms. The van der Waals surface area contributed by atoms with Crippen molar-refractivity contribution in [2.75, 3.05) is 45.9 Å². The third-order valence-corrected chi connectivity index (χ3v) is 3.86. The average Bonchev–Trinajstić information content (AvgIpc) is 3.02. The SMILES string of the molecule is CCOCC(O)CN1CCN(C(=O)c2ccc(CC)o2)CC1. The molecular formula is C16H26N2O4. The van der Waals surface area contributed by atoms with Gasteiger partial charge in [-0.1, -0.05) is 6.92 Å². The van der Waals surface area contributed by atoms with Crippen LogP contribution in [0.4, 0.5) is 0 Å². The first-order valence-electron chi connectivity index (χ1n) is 8.00. The first-order chi connectivity index (χ1) is 10.6. The number of hydrogen-bond acceptors (Lipinski definition) is 5. The zero-order chi connectivity index (χ0) is 15.9. The summed E-state index contributed by atoms with van der Waals surface area (Å²) in [5, 5.41) is 9.85. The Bertz CT molecular complexity index is 466. The summed E-state index contributed by atoms with van der Waals surface area (Å²) in [6.07, 6.45) is 0.318. The fourth-order valence-electron chi connectivity index (χ4n) is 2.58. The summed E-state index contributed by atoms with van der Waals surface area (Å²) in [7, 11) is 0. The zero-order valence-electron chi connectivity index (χ0n) is 13.5. The first kappa shape index (κ1) is 17.0. The molecule has 22 heavy (non-hydrogen) atoms. The molecule has 1 unspecified atom stereocenters. The highest BCUT2D eigenvalue weighted by atomic mass is 16.5. The number of nitrogens with zero attached hydrogens (tertiary/aromatic N) is 2. The van der Waals surface area contributed by atoms with Gasteiger partial charge in [0.15, 0.2) is 5.76 Å². The van der Waals surface area contributed by atoms with Crippen molar-refractivity contribution in [3.63, 3.8) is 0 Å². The van der Waals surface area contributed by atoms with Gasteiger partial charge in [0.2, 0.25) is 0 Å². The summed E-state index contributed by atoms with van der Waals surface area (Å²) < 4.78 is 10.7. The molecule has 124 valence electrons. The number of aryl methyl sites for hydroxylation is 1. The van der Waals surface area contributed by atoms with Crippen LogP contribution in [-0.2, 0) is 11.2 Å². The van der Waals surface area contributed by atoms with Gasteiger partial charge < -0.3 is 19.2 Å². The molecule has 6 nitrogen and oxygen atoms in total. The molecule has 1 N–H and O–H groups in total. The van der Waals surface area contributed by atoms with Gasteiger partial charge >= 0.3 is 0 Å². The predicted molar refractivity (Wildman–Crippen MR) is 82.9 cm³/mol. The first-order valence-corrected chi connectivity index (χ1v) is 8.00. The highest BCUT2D eigenvalue weighted by molar-refractivity contribution is 5.91. The Labute approximate surface area is 131 Å². The minimum Gasteiger partial charge on any atom is -0.456 e. The Morgan fingerprint density at radius 2 is 2.05 bits per heavy atom. The second kappa shape index (κ2) is 8.31. The number of aliphatic hydroxyl groups excluding tert-OH is 1. The smallest absolute Gasteiger partial charge is 0.289 e. The van der Waals surface area contributed by atoms with Gasteiger partial charge in [0.1, 0.15) is 5.76 Å². The van der Waals surface area contributed by atoms with E-state index in [9.17, 15) is 9.90 Å². The topological polar surface area (TPSA) is 66.2 Å². The molecule has 0 aromatic carbocycles. The second-order valence-corrected chi connectivity index (χ2v) is 5.53. The summed E-state index contributed by atoms with van der Waals surface area (Å²) >= 11 is 0. The molecule has 1 atom stereocenters. The molecule has 1 amide bonds. The fraction of sp³-hybridized carbons (Fsp3) is 0.688. The lowest BCUT2D eigenvalue weighted by Crippen LogP contribution is -2.50. The largest absolute Gasteiger partial charge is 0.456 e. The highest BCUT2D eigenvalue weighted by Crippen LogP contribution is 2.13. The van der Waals surface area contributed by atoms with Gasteiger partial charge in [-0.15, -0.1) is 0 Å². The molecule has 1 aromatic heterocycles. The number of piperazine rings is 1. The van der Waals surface area contributed by atoms with Gasteiger partial charge in [-0.05, 0) is 19.1 Å². The van der Waals surface area contributed by atoms with Crippen molar-refractivity contribution < 1.29 is 19.1 Å². The molecule has 1 fully saturated rings. The Morgan fingerprint density at radius 3 is 2.64 bits per heavy atom. The van der Waals surface area contributed by atoms with Crippen LogP contribution in [0.15, 0.2) is 16.5 Å². The van der Waals surface area contributed by atoms with Crippen LogP contribution in [0.25, 0.3) is 0 Å². The molecule has 1 aliphatic rings. The number of amides is 1. The molecule has 0 bridgehead atoms. The number of furan rings is 1. The Balaban J connectivity index is 1.77. The van der Waals surface area contributed by atoms with E-state index in [0.29, 0.717) is 38.6 Å². The highest BCUT2D eigenvalue weighted by Gasteiger charge is 2.25. The Kier molecular flexibility index (Phi) is 6.42. The monoisotopic (exact) mass is 310 g/mol. The van der Waals surface area contributed by atoms with Crippen LogP contribution in [0.1, 0.15) is 30.2 Å². The molecular weight excluding hydrogens is 284 g/mol. The molecule has 0 spiro atoms. The number of hydrogen-bond donors (Lipinski definition) is 1. The molecule has 1 saturated heterocycles. The predicted octanol–water partition coefficient (Wildman–Crippen LogP) is 0.997. The third kappa shape index (κ3) is 4.56. The number of carbonyl (C=O) groups excluding carboxylic acids is 1. The summed E-state index contributed by atoms with van der Waals surface area (Å²) in [5.74, 6) is 1.21. The molecule has 2 rings (SSSR count). The van der Waals surface area contributed by atoms with Crippen molar-refractivity contribution in [1.29, 1.82) is 0 Å². The van der Waals surface area contributed by atoms with Gasteiger partial charge in [-0.3, -0.25) is 9.69 Å². The van der Waals surface area contributed by atoms with Crippen molar-refractivity contribution >= 4 is 5.91 Å². The Morgan fingerprint density at radius 1 is 1.32 bits per heavy atom. The summed E-state index contributed by atoms with van der Waals surface area (Å²) in [5.41, 5.74) is 0. The molecule has 0 radical (unpaired) electrons. The van der Waals surface area contributed by atoms with Crippen LogP contribution in [0.5, 0.6) is 0 Å². The second-order valence-electron chi connectivity index (χ2n) is 5.53. The van der Waals surface area contributed by atoms with Crippen LogP contribution in [0.3, 0.4) is 0 Å². The molecule has 0 aliphatic carbocycles. The summed E-state index contributed by atoms with van der Waals surface area (Å²) in [6, 6.07) is 3.60. The molecule has 1 aromatic rings. The normalized spacial score (nSPS) is 17.7. The van der Waals surface area contributed by atoms with Crippen molar-refractivity contribution in [3.8, 4) is 0 Å². The van der Waals surface area contributed by atoms with E-state index in [0.717, 1.165) is 25.3 Å². The van der Waals surface area contributed by atoms with E-state index in [2.05, 4.69) is 4.90 Å². The van der Waals surface area contributed by atoms with Crippen molar-refractivity contribution in [1.82, 2.24) is 9.80 Å². The van der Waals surface area contributed by atoms with E-state index in [4.69, 9.17) is 9.15 Å². The summed E-state index contributed by atoms with van der Waals surface area (Å²) in [4.78, 5) is 16.3. The number of β-amino-alcohol motifs (C(OH)–C–C–N with tert-alkyl or cyclic N) is 1. The molecule has 2 heterocycles. The van der Waals surface area contributed by atoms with E-state index in [1.54, 1.807) is 6.07 Å². The average molecular weight is 310 g/mol. The number of ether oxygens (including phenoxy) is 1. The zero-order valence-corrected chi connectivity index (χ0v) is 13.5. The lowest BCUT2D eigenvalue weighted by Gasteiger charge is -2.35. The van der Waals surface area contributed by atoms with E-state index in [1.165, 1.54) is 0 Å². The van der Waals surface area contributed by atoms with E-state index in [1.807, 2.05) is 24.8 Å². The van der Waals surface area contributed by atoms with Gasteiger partial charge in [-0.25, -0.2) is 0 Å². The minimum absolute atomic E-state index is 0.0470. The van der Waals surface area contributed by atoms with E-state index >= 15 is 0 Å². The van der Waals surface area contributed by atoms with Gasteiger partial charge in [0.25, 0.3) is 5.91 Å². The van der Waals surface area contributed by atoms with Crippen LogP contribution in [-0.4, -0.2) is 72.9 Å². The van der Waals surface area contributed by atoms with Crippen molar-refractivity contribution in [3.05, 3.63) is 23.7 Å². The van der Waals surface area contributed by atoms with Crippen LogP contribution in [0.2, 0.25) is 0 Å². The lowest BCUT2D eigenvalue weighted by molar-refractivity contribution is 0.0107. The van der Waals surface area contributed by atoms with Crippen LogP contribution in [0, 0.1) is 0 Å². The van der Waals surface area contributed by atoms with Crippen LogP contribution >= 0.6 is 0 Å². The third-order valence-electron chi connectivity index (χ3n) is 3.86.